The first-order valence-electron chi connectivity index (χ1n) is 7.82. The van der Waals surface area contributed by atoms with E-state index in [1.54, 1.807) is 0 Å². The van der Waals surface area contributed by atoms with Crippen molar-refractivity contribution >= 4 is 11.8 Å². The first-order valence-corrected chi connectivity index (χ1v) is 8.97. The predicted molar refractivity (Wildman–Crippen MR) is 80.2 cm³/mol. The number of piperidine rings is 1. The minimum atomic E-state index is 0.732. The quantitative estimate of drug-likeness (QED) is 0.847. The summed E-state index contributed by atoms with van der Waals surface area (Å²) in [6, 6.07) is 2.38. The highest BCUT2D eigenvalue weighted by molar-refractivity contribution is 7.99. The van der Waals surface area contributed by atoms with Gasteiger partial charge in [-0.25, -0.2) is 0 Å². The lowest BCUT2D eigenvalue weighted by atomic mass is 9.73. The Kier molecular flexibility index (Phi) is 4.21. The minimum Gasteiger partial charge on any atom is -0.310 e. The molecule has 0 spiro atoms. The van der Waals surface area contributed by atoms with Gasteiger partial charge in [-0.15, -0.1) is 0 Å². The van der Waals surface area contributed by atoms with E-state index >= 15 is 0 Å². The van der Waals surface area contributed by atoms with Crippen molar-refractivity contribution in [3.63, 3.8) is 0 Å². The standard InChI is InChI=1S/C15H28N2S/c1-11(2)17-8-12-4-3-5-13(9-17)15(12)16-14-6-7-18-10-14/h11-16H,3-10H2,1-2H3. The Hall–Kier alpha value is 0.270. The molecule has 18 heavy (non-hydrogen) atoms. The van der Waals surface area contributed by atoms with Crippen molar-refractivity contribution in [2.24, 2.45) is 11.8 Å². The molecule has 3 heteroatoms. The average molecular weight is 268 g/mol. The molecule has 0 amide bonds. The highest BCUT2D eigenvalue weighted by atomic mass is 32.2. The van der Waals surface area contributed by atoms with Crippen molar-refractivity contribution in [3.05, 3.63) is 0 Å². The minimum absolute atomic E-state index is 0.732. The summed E-state index contributed by atoms with van der Waals surface area (Å²) < 4.78 is 0. The van der Waals surface area contributed by atoms with E-state index in [1.165, 1.54) is 50.3 Å². The van der Waals surface area contributed by atoms with Crippen LogP contribution in [0.25, 0.3) is 0 Å². The highest BCUT2D eigenvalue weighted by Gasteiger charge is 2.40. The molecule has 2 nitrogen and oxygen atoms in total. The first kappa shape index (κ1) is 13.3. The molecule has 2 bridgehead atoms. The molecule has 0 aromatic heterocycles. The van der Waals surface area contributed by atoms with Crippen LogP contribution >= 0.6 is 11.8 Å². The van der Waals surface area contributed by atoms with E-state index in [0.29, 0.717) is 0 Å². The van der Waals surface area contributed by atoms with Crippen LogP contribution in [0.5, 0.6) is 0 Å². The maximum Gasteiger partial charge on any atom is 0.0168 e. The summed E-state index contributed by atoms with van der Waals surface area (Å²) in [5.41, 5.74) is 0. The Morgan fingerprint density at radius 3 is 2.39 bits per heavy atom. The van der Waals surface area contributed by atoms with Gasteiger partial charge < -0.3 is 10.2 Å². The molecule has 104 valence electrons. The summed E-state index contributed by atoms with van der Waals surface area (Å²) >= 11 is 2.13. The third-order valence-corrected chi connectivity index (χ3v) is 6.35. The van der Waals surface area contributed by atoms with Gasteiger partial charge in [0.05, 0.1) is 0 Å². The van der Waals surface area contributed by atoms with E-state index in [2.05, 4.69) is 35.8 Å². The number of hydrogen-bond donors (Lipinski definition) is 1. The van der Waals surface area contributed by atoms with Gasteiger partial charge in [0.15, 0.2) is 0 Å². The Morgan fingerprint density at radius 1 is 1.11 bits per heavy atom. The molecule has 0 radical (unpaired) electrons. The zero-order valence-electron chi connectivity index (χ0n) is 11.9. The number of hydrogen-bond acceptors (Lipinski definition) is 3. The van der Waals surface area contributed by atoms with E-state index in [4.69, 9.17) is 0 Å². The van der Waals surface area contributed by atoms with Crippen molar-refractivity contribution in [2.45, 2.75) is 57.7 Å². The second kappa shape index (κ2) is 5.72. The second-order valence-electron chi connectivity index (χ2n) is 6.75. The first-order chi connectivity index (χ1) is 8.74. The summed E-state index contributed by atoms with van der Waals surface area (Å²) in [7, 11) is 0. The number of nitrogens with zero attached hydrogens (tertiary/aromatic N) is 1. The zero-order chi connectivity index (χ0) is 12.5. The van der Waals surface area contributed by atoms with Crippen LogP contribution in [-0.2, 0) is 0 Å². The Morgan fingerprint density at radius 2 is 1.83 bits per heavy atom. The maximum absolute atomic E-state index is 4.03. The summed E-state index contributed by atoms with van der Waals surface area (Å²) in [6.07, 6.45) is 5.78. The van der Waals surface area contributed by atoms with E-state index in [1.807, 2.05) is 0 Å². The number of fused-ring (bicyclic) bond motifs is 2. The van der Waals surface area contributed by atoms with Crippen molar-refractivity contribution in [1.29, 1.82) is 0 Å². The molecule has 2 saturated heterocycles. The van der Waals surface area contributed by atoms with Gasteiger partial charge in [-0.3, -0.25) is 0 Å². The molecular weight excluding hydrogens is 240 g/mol. The normalized spacial score (nSPS) is 41.5. The molecule has 1 N–H and O–H groups in total. The fourth-order valence-corrected chi connectivity index (χ4v) is 5.27. The van der Waals surface area contributed by atoms with Gasteiger partial charge >= 0.3 is 0 Å². The van der Waals surface area contributed by atoms with E-state index in [-0.39, 0.29) is 0 Å². The van der Waals surface area contributed by atoms with Crippen LogP contribution < -0.4 is 5.32 Å². The van der Waals surface area contributed by atoms with Crippen LogP contribution in [0, 0.1) is 11.8 Å². The number of thioether (sulfide) groups is 1. The van der Waals surface area contributed by atoms with Gasteiger partial charge in [0.25, 0.3) is 0 Å². The molecule has 3 rings (SSSR count). The zero-order valence-corrected chi connectivity index (χ0v) is 12.7. The molecule has 3 unspecified atom stereocenters. The van der Waals surface area contributed by atoms with Crippen LogP contribution in [0.1, 0.15) is 39.5 Å². The average Bonchev–Trinajstić information content (AvgIpc) is 2.81. The monoisotopic (exact) mass is 268 g/mol. The third-order valence-electron chi connectivity index (χ3n) is 5.19. The van der Waals surface area contributed by atoms with Crippen LogP contribution in [0.4, 0.5) is 0 Å². The van der Waals surface area contributed by atoms with Gasteiger partial charge in [-0.05, 0) is 50.7 Å². The molecule has 0 aromatic carbocycles. The lowest BCUT2D eigenvalue weighted by molar-refractivity contribution is 0.0261. The number of nitrogens with one attached hydrogen (secondary N) is 1. The lowest BCUT2D eigenvalue weighted by Gasteiger charge is -2.49. The van der Waals surface area contributed by atoms with Crippen LogP contribution in [-0.4, -0.2) is 47.6 Å². The highest BCUT2D eigenvalue weighted by Crippen LogP contribution is 2.36. The third kappa shape index (κ3) is 2.73. The molecule has 1 aliphatic carbocycles. The van der Waals surface area contributed by atoms with Crippen molar-refractivity contribution < 1.29 is 0 Å². The molecule has 3 aliphatic rings. The molecule has 1 saturated carbocycles. The molecule has 3 fully saturated rings. The van der Waals surface area contributed by atoms with E-state index < -0.39 is 0 Å². The number of likely N-dealkylation sites (tertiary alicyclic amines) is 1. The Labute approximate surface area is 116 Å². The maximum atomic E-state index is 4.03. The molecule has 2 heterocycles. The topological polar surface area (TPSA) is 15.3 Å². The lowest BCUT2D eigenvalue weighted by Crippen LogP contribution is -2.60. The molecular formula is C15H28N2S. The fraction of sp³-hybridized carbons (Fsp3) is 1.00. The summed E-state index contributed by atoms with van der Waals surface area (Å²) in [5.74, 6) is 4.57. The van der Waals surface area contributed by atoms with Crippen molar-refractivity contribution in [1.82, 2.24) is 10.2 Å². The van der Waals surface area contributed by atoms with Crippen LogP contribution in [0.2, 0.25) is 0 Å². The van der Waals surface area contributed by atoms with Gasteiger partial charge in [0.1, 0.15) is 0 Å². The van der Waals surface area contributed by atoms with Crippen molar-refractivity contribution in [3.8, 4) is 0 Å². The summed E-state index contributed by atoms with van der Waals surface area (Å²) in [4.78, 5) is 2.72. The second-order valence-corrected chi connectivity index (χ2v) is 7.90. The van der Waals surface area contributed by atoms with Crippen LogP contribution in [0.15, 0.2) is 0 Å². The van der Waals surface area contributed by atoms with Gasteiger partial charge in [0, 0.05) is 37.0 Å². The smallest absolute Gasteiger partial charge is 0.0168 e. The predicted octanol–water partition coefficient (Wildman–Crippen LogP) is 2.59. The molecule has 0 aromatic rings. The fourth-order valence-electron chi connectivity index (χ4n) is 4.10. The Bertz CT molecular complexity index is 262. The molecule has 3 atom stereocenters. The largest absolute Gasteiger partial charge is 0.310 e. The summed E-state index contributed by atoms with van der Waals surface area (Å²) in [5, 5.41) is 4.03. The SMILES string of the molecule is CC(C)N1CC2CCCC(C1)C2NC1CCSC1. The van der Waals surface area contributed by atoms with Crippen LogP contribution in [0.3, 0.4) is 0 Å². The molecule has 2 aliphatic heterocycles. The number of rotatable bonds is 3. The van der Waals surface area contributed by atoms with Gasteiger partial charge in [-0.2, -0.15) is 11.8 Å². The summed E-state index contributed by atoms with van der Waals surface area (Å²) in [6.45, 7) is 7.39. The van der Waals surface area contributed by atoms with Gasteiger partial charge in [0.2, 0.25) is 0 Å². The van der Waals surface area contributed by atoms with Gasteiger partial charge in [-0.1, -0.05) is 6.42 Å². The van der Waals surface area contributed by atoms with E-state index in [9.17, 15) is 0 Å². The Balaban J connectivity index is 1.63. The van der Waals surface area contributed by atoms with E-state index in [0.717, 1.165) is 30.0 Å². The van der Waals surface area contributed by atoms with Crippen molar-refractivity contribution in [2.75, 3.05) is 24.6 Å².